The van der Waals surface area contributed by atoms with Gasteiger partial charge in [-0.05, 0) is 63.7 Å². The van der Waals surface area contributed by atoms with Gasteiger partial charge in [-0.1, -0.05) is 0 Å². The number of hydrogen-bond acceptors (Lipinski definition) is 4. The summed E-state index contributed by atoms with van der Waals surface area (Å²) in [5.74, 6) is -0.906. The Hall–Kier alpha value is -1.17. The van der Waals surface area contributed by atoms with Gasteiger partial charge in [-0.25, -0.2) is 4.79 Å². The normalized spacial score (nSPS) is 11.8. The number of carbonyl (C=O) groups is 1. The van der Waals surface area contributed by atoms with Crippen molar-refractivity contribution in [3.63, 3.8) is 0 Å². The third-order valence-corrected chi connectivity index (χ3v) is 3.67. The van der Waals surface area contributed by atoms with Gasteiger partial charge >= 0.3 is 5.97 Å². The summed E-state index contributed by atoms with van der Waals surface area (Å²) in [5, 5.41) is 10.7. The van der Waals surface area contributed by atoms with E-state index in [0.717, 1.165) is 31.6 Å². The van der Waals surface area contributed by atoms with Crippen molar-refractivity contribution >= 4 is 23.4 Å². The van der Waals surface area contributed by atoms with Crippen LogP contribution in [0.5, 0.6) is 0 Å². The van der Waals surface area contributed by atoms with Crippen molar-refractivity contribution in [1.82, 2.24) is 9.80 Å². The van der Waals surface area contributed by atoms with E-state index in [1.54, 1.807) is 17.4 Å². The Morgan fingerprint density at radius 1 is 1.37 bits per heavy atom. The second-order valence-electron chi connectivity index (χ2n) is 4.87. The molecule has 0 unspecified atom stereocenters. The van der Waals surface area contributed by atoms with Gasteiger partial charge in [-0.2, -0.15) is 0 Å². The van der Waals surface area contributed by atoms with E-state index in [1.807, 2.05) is 11.4 Å². The average molecular weight is 282 g/mol. The molecular weight excluding hydrogens is 260 g/mol. The number of hydrogen-bond donors (Lipinski definition) is 1. The van der Waals surface area contributed by atoms with Crippen LogP contribution in [0.15, 0.2) is 17.5 Å². The van der Waals surface area contributed by atoms with E-state index in [2.05, 4.69) is 30.9 Å². The highest BCUT2D eigenvalue weighted by molar-refractivity contribution is 7.10. The second kappa shape index (κ2) is 8.09. The van der Waals surface area contributed by atoms with Crippen molar-refractivity contribution in [3.8, 4) is 0 Å². The van der Waals surface area contributed by atoms with Gasteiger partial charge in [0.05, 0.1) is 0 Å². The van der Waals surface area contributed by atoms with Crippen LogP contribution in [-0.4, -0.2) is 55.1 Å². The second-order valence-corrected chi connectivity index (χ2v) is 5.87. The number of aliphatic carboxylic acids is 1. The van der Waals surface area contributed by atoms with E-state index in [9.17, 15) is 4.79 Å². The van der Waals surface area contributed by atoms with Gasteiger partial charge in [0, 0.05) is 17.5 Å². The first-order valence-corrected chi connectivity index (χ1v) is 7.17. The molecule has 0 spiro atoms. The maximum atomic E-state index is 10.5. The molecule has 0 saturated carbocycles. The highest BCUT2D eigenvalue weighted by atomic mass is 32.1. The van der Waals surface area contributed by atoms with E-state index in [1.165, 1.54) is 11.0 Å². The molecule has 0 aliphatic heterocycles. The number of carboxylic acid groups (broad SMARTS) is 1. The molecule has 0 fully saturated rings. The lowest BCUT2D eigenvalue weighted by Crippen LogP contribution is -2.23. The molecule has 0 bridgehead atoms. The molecule has 0 aliphatic rings. The summed E-state index contributed by atoms with van der Waals surface area (Å²) in [5.41, 5.74) is 1.01. The van der Waals surface area contributed by atoms with Crippen LogP contribution in [0.25, 0.3) is 6.08 Å². The highest BCUT2D eigenvalue weighted by Gasteiger charge is 2.06. The third-order valence-electron chi connectivity index (χ3n) is 2.74. The van der Waals surface area contributed by atoms with E-state index in [0.29, 0.717) is 0 Å². The fraction of sp³-hybridized carbons (Fsp3) is 0.500. The number of nitrogens with zero attached hydrogens (tertiary/aromatic N) is 2. The minimum Gasteiger partial charge on any atom is -0.478 e. The lowest BCUT2D eigenvalue weighted by molar-refractivity contribution is -0.131. The van der Waals surface area contributed by atoms with Crippen molar-refractivity contribution in [2.45, 2.75) is 13.0 Å². The van der Waals surface area contributed by atoms with E-state index >= 15 is 0 Å². The monoisotopic (exact) mass is 282 g/mol. The van der Waals surface area contributed by atoms with Gasteiger partial charge in [0.15, 0.2) is 0 Å². The van der Waals surface area contributed by atoms with Crippen LogP contribution in [0.1, 0.15) is 16.9 Å². The molecule has 19 heavy (non-hydrogen) atoms. The van der Waals surface area contributed by atoms with Gasteiger partial charge in [0.1, 0.15) is 0 Å². The summed E-state index contributed by atoms with van der Waals surface area (Å²) in [7, 11) is 6.25. The van der Waals surface area contributed by atoms with E-state index in [-0.39, 0.29) is 0 Å². The van der Waals surface area contributed by atoms with Crippen LogP contribution in [0.2, 0.25) is 0 Å². The lowest BCUT2D eigenvalue weighted by atomic mass is 10.2. The number of rotatable bonds is 8. The molecule has 1 aromatic heterocycles. The zero-order valence-electron chi connectivity index (χ0n) is 11.8. The molecule has 1 aromatic rings. The van der Waals surface area contributed by atoms with Gasteiger partial charge in [0.2, 0.25) is 0 Å². The fourth-order valence-corrected chi connectivity index (χ4v) is 2.72. The van der Waals surface area contributed by atoms with Crippen LogP contribution < -0.4 is 0 Å². The fourth-order valence-electron chi connectivity index (χ4n) is 1.77. The summed E-state index contributed by atoms with van der Waals surface area (Å²) < 4.78 is 0. The molecule has 0 atom stereocenters. The predicted molar refractivity (Wildman–Crippen MR) is 80.5 cm³/mol. The van der Waals surface area contributed by atoms with E-state index < -0.39 is 5.97 Å². The maximum absolute atomic E-state index is 10.5. The van der Waals surface area contributed by atoms with Gasteiger partial charge in [0.25, 0.3) is 0 Å². The average Bonchev–Trinajstić information content (AvgIpc) is 2.73. The third kappa shape index (κ3) is 6.52. The molecule has 4 nitrogen and oxygen atoms in total. The Labute approximate surface area is 119 Å². The van der Waals surface area contributed by atoms with Crippen LogP contribution in [-0.2, 0) is 11.3 Å². The molecule has 1 N–H and O–H groups in total. The predicted octanol–water partition coefficient (Wildman–Crippen LogP) is 2.23. The zero-order chi connectivity index (χ0) is 14.3. The minimum absolute atomic E-state index is 0.865. The SMILES string of the molecule is CN(C)CCCN(C)Cc1sccc1C=CC(=O)O. The topological polar surface area (TPSA) is 43.8 Å². The Morgan fingerprint density at radius 2 is 2.11 bits per heavy atom. The lowest BCUT2D eigenvalue weighted by Gasteiger charge is -2.17. The Balaban J connectivity index is 2.48. The highest BCUT2D eigenvalue weighted by Crippen LogP contribution is 2.20. The first kappa shape index (κ1) is 15.9. The molecule has 106 valence electrons. The summed E-state index contributed by atoms with van der Waals surface area (Å²) >= 11 is 1.67. The van der Waals surface area contributed by atoms with Gasteiger partial charge < -0.3 is 14.9 Å². The van der Waals surface area contributed by atoms with Gasteiger partial charge in [-0.3, -0.25) is 0 Å². The van der Waals surface area contributed by atoms with E-state index in [4.69, 9.17) is 5.11 Å². The van der Waals surface area contributed by atoms with Crippen LogP contribution in [0.3, 0.4) is 0 Å². The van der Waals surface area contributed by atoms with Crippen molar-refractivity contribution in [3.05, 3.63) is 28.0 Å². The minimum atomic E-state index is -0.906. The Kier molecular flexibility index (Phi) is 6.77. The quantitative estimate of drug-likeness (QED) is 0.743. The molecule has 0 aromatic carbocycles. The largest absolute Gasteiger partial charge is 0.478 e. The van der Waals surface area contributed by atoms with Crippen LogP contribution >= 0.6 is 11.3 Å². The van der Waals surface area contributed by atoms with Crippen molar-refractivity contribution < 1.29 is 9.90 Å². The summed E-state index contributed by atoms with van der Waals surface area (Å²) in [6.07, 6.45) is 3.99. The summed E-state index contributed by atoms with van der Waals surface area (Å²) in [6.45, 7) is 2.99. The molecular formula is C14H22N2O2S. The van der Waals surface area contributed by atoms with Gasteiger partial charge in [-0.15, -0.1) is 11.3 Å². The molecule has 0 amide bonds. The van der Waals surface area contributed by atoms with Crippen molar-refractivity contribution in [2.24, 2.45) is 0 Å². The molecule has 5 heteroatoms. The number of carboxylic acids is 1. The zero-order valence-corrected chi connectivity index (χ0v) is 12.6. The Morgan fingerprint density at radius 3 is 2.74 bits per heavy atom. The molecule has 0 saturated heterocycles. The van der Waals surface area contributed by atoms with Crippen LogP contribution in [0.4, 0.5) is 0 Å². The first-order valence-electron chi connectivity index (χ1n) is 6.29. The smallest absolute Gasteiger partial charge is 0.328 e. The molecule has 0 aliphatic carbocycles. The van der Waals surface area contributed by atoms with Crippen molar-refractivity contribution in [1.29, 1.82) is 0 Å². The maximum Gasteiger partial charge on any atom is 0.328 e. The number of thiophene rings is 1. The Bertz CT molecular complexity index is 427. The molecule has 0 radical (unpaired) electrons. The summed E-state index contributed by atoms with van der Waals surface area (Å²) in [4.78, 5) is 16.2. The first-order chi connectivity index (χ1) is 8.99. The standard InChI is InChI=1S/C14H22N2O2S/c1-15(2)8-4-9-16(3)11-13-12(7-10-19-13)5-6-14(17)18/h5-7,10H,4,8-9,11H2,1-3H3,(H,17,18). The summed E-state index contributed by atoms with van der Waals surface area (Å²) in [6, 6.07) is 1.97. The van der Waals surface area contributed by atoms with Crippen LogP contribution in [0, 0.1) is 0 Å². The molecule has 1 rings (SSSR count). The molecule has 1 heterocycles. The van der Waals surface area contributed by atoms with Crippen molar-refractivity contribution in [2.75, 3.05) is 34.2 Å².